The summed E-state index contributed by atoms with van der Waals surface area (Å²) in [5.41, 5.74) is 5.12. The number of nitrogens with zero attached hydrogens (tertiary/aromatic N) is 1. The van der Waals surface area contributed by atoms with Gasteiger partial charge in [0.05, 0.1) is 11.4 Å². The molecule has 1 N–H and O–H groups in total. The molecule has 0 aliphatic heterocycles. The largest absolute Gasteiger partial charge is 0.337 e. The molecule has 0 saturated carbocycles. The van der Waals surface area contributed by atoms with Gasteiger partial charge in [0.2, 0.25) is 0 Å². The van der Waals surface area contributed by atoms with E-state index >= 15 is 0 Å². The van der Waals surface area contributed by atoms with Gasteiger partial charge in [-0.15, -0.1) is 12.4 Å². The van der Waals surface area contributed by atoms with Crippen LogP contribution in [-0.4, -0.2) is 9.97 Å². The summed E-state index contributed by atoms with van der Waals surface area (Å²) in [4.78, 5) is 8.32. The van der Waals surface area contributed by atoms with Crippen LogP contribution >= 0.6 is 24.0 Å². The fraction of sp³-hybridized carbons (Fsp3) is 0. The van der Waals surface area contributed by atoms with Crippen molar-refractivity contribution in [2.75, 3.05) is 0 Å². The number of aromatic nitrogens is 2. The first-order chi connectivity index (χ1) is 11.8. The number of hydrogen-bond donors (Lipinski definition) is 1. The van der Waals surface area contributed by atoms with Crippen molar-refractivity contribution < 1.29 is 0 Å². The van der Waals surface area contributed by atoms with Gasteiger partial charge in [0.1, 0.15) is 5.82 Å². The molecule has 0 saturated heterocycles. The second-order valence-corrected chi connectivity index (χ2v) is 5.99. The van der Waals surface area contributed by atoms with Gasteiger partial charge in [-0.2, -0.15) is 0 Å². The van der Waals surface area contributed by atoms with Crippen molar-refractivity contribution in [2.45, 2.75) is 0 Å². The normalized spacial score (nSPS) is 10.3. The maximum absolute atomic E-state index is 6.13. The zero-order valence-corrected chi connectivity index (χ0v) is 14.9. The van der Waals surface area contributed by atoms with E-state index in [1.54, 1.807) is 0 Å². The molecule has 3 aromatic carbocycles. The minimum atomic E-state index is 0. The van der Waals surface area contributed by atoms with Gasteiger partial charge < -0.3 is 4.98 Å². The van der Waals surface area contributed by atoms with Gasteiger partial charge in [0, 0.05) is 21.7 Å². The molecule has 0 bridgehead atoms. The van der Waals surface area contributed by atoms with E-state index in [2.05, 4.69) is 29.2 Å². The Morgan fingerprint density at radius 2 is 1.28 bits per heavy atom. The van der Waals surface area contributed by atoms with E-state index in [1.807, 2.05) is 60.7 Å². The summed E-state index contributed by atoms with van der Waals surface area (Å²) in [6, 6.07) is 28.2. The fourth-order valence-electron chi connectivity index (χ4n) is 2.76. The Labute approximate surface area is 157 Å². The molecule has 4 rings (SSSR count). The number of rotatable bonds is 3. The monoisotopic (exact) mass is 366 g/mol. The van der Waals surface area contributed by atoms with Crippen molar-refractivity contribution in [1.29, 1.82) is 0 Å². The summed E-state index contributed by atoms with van der Waals surface area (Å²) < 4.78 is 0. The summed E-state index contributed by atoms with van der Waals surface area (Å²) in [6.45, 7) is 0. The van der Waals surface area contributed by atoms with Crippen LogP contribution in [-0.2, 0) is 0 Å². The zero-order valence-electron chi connectivity index (χ0n) is 13.3. The highest BCUT2D eigenvalue weighted by Gasteiger charge is 2.15. The van der Waals surface area contributed by atoms with E-state index in [-0.39, 0.29) is 12.4 Å². The van der Waals surface area contributed by atoms with Crippen molar-refractivity contribution in [3.05, 3.63) is 90.0 Å². The molecule has 2 nitrogen and oxygen atoms in total. The van der Waals surface area contributed by atoms with Crippen LogP contribution in [0.15, 0.2) is 84.9 Å². The minimum Gasteiger partial charge on any atom is -0.337 e. The molecule has 0 fully saturated rings. The van der Waals surface area contributed by atoms with Gasteiger partial charge in [0.25, 0.3) is 0 Å². The number of aromatic amines is 1. The Balaban J connectivity index is 0.00000182. The van der Waals surface area contributed by atoms with Crippen LogP contribution < -0.4 is 0 Å². The van der Waals surface area contributed by atoms with E-state index in [9.17, 15) is 0 Å². The average Bonchev–Trinajstić information content (AvgIpc) is 3.09. The third kappa shape index (κ3) is 3.60. The Morgan fingerprint density at radius 3 is 1.92 bits per heavy atom. The van der Waals surface area contributed by atoms with Crippen LogP contribution in [0.4, 0.5) is 0 Å². The quantitative estimate of drug-likeness (QED) is 0.441. The molecule has 4 aromatic rings. The van der Waals surface area contributed by atoms with Gasteiger partial charge in [-0.05, 0) is 12.1 Å². The van der Waals surface area contributed by atoms with Crippen molar-refractivity contribution in [2.24, 2.45) is 0 Å². The third-order valence-electron chi connectivity index (χ3n) is 3.91. The van der Waals surface area contributed by atoms with Crippen molar-refractivity contribution in [3.63, 3.8) is 0 Å². The first-order valence-electron chi connectivity index (χ1n) is 7.78. The third-order valence-corrected chi connectivity index (χ3v) is 4.15. The smallest absolute Gasteiger partial charge is 0.138 e. The van der Waals surface area contributed by atoms with Crippen LogP contribution in [0.25, 0.3) is 33.9 Å². The Kier molecular flexibility index (Phi) is 5.22. The average molecular weight is 367 g/mol. The van der Waals surface area contributed by atoms with Crippen LogP contribution in [0.1, 0.15) is 0 Å². The maximum Gasteiger partial charge on any atom is 0.138 e. The first kappa shape index (κ1) is 17.3. The predicted octanol–water partition coefficient (Wildman–Crippen LogP) is 6.49. The number of nitrogens with one attached hydrogen (secondary N) is 1. The van der Waals surface area contributed by atoms with Crippen LogP contribution in [0.5, 0.6) is 0 Å². The van der Waals surface area contributed by atoms with Crippen LogP contribution in [0.3, 0.4) is 0 Å². The van der Waals surface area contributed by atoms with E-state index in [0.29, 0.717) is 5.02 Å². The molecule has 0 spiro atoms. The standard InChI is InChI=1S/C21H15ClN2.ClH/c22-18-13-7-12-17(14-18)21-23-19(15-8-3-1-4-9-15)20(24-21)16-10-5-2-6-11-16;/h1-14H,(H,23,24);1H. The van der Waals surface area contributed by atoms with Crippen molar-refractivity contribution >= 4 is 24.0 Å². The number of H-pyrrole nitrogens is 1. The van der Waals surface area contributed by atoms with Crippen molar-refractivity contribution in [1.82, 2.24) is 9.97 Å². The van der Waals surface area contributed by atoms with Gasteiger partial charge in [0.15, 0.2) is 0 Å². The summed E-state index contributed by atoms with van der Waals surface area (Å²) in [6.07, 6.45) is 0. The predicted molar refractivity (Wildman–Crippen MR) is 107 cm³/mol. The second-order valence-electron chi connectivity index (χ2n) is 5.55. The van der Waals surface area contributed by atoms with Crippen molar-refractivity contribution in [3.8, 4) is 33.9 Å². The zero-order chi connectivity index (χ0) is 16.4. The van der Waals surface area contributed by atoms with E-state index in [0.717, 1.165) is 33.9 Å². The Morgan fingerprint density at radius 1 is 0.680 bits per heavy atom. The molecule has 0 radical (unpaired) electrons. The van der Waals surface area contributed by atoms with E-state index < -0.39 is 0 Å². The SMILES string of the molecule is Cl.Clc1cccc(-c2nc(-c3ccccc3)c(-c3ccccc3)[nH]2)c1. The lowest BCUT2D eigenvalue weighted by molar-refractivity contribution is 1.31. The number of benzene rings is 3. The molecule has 0 amide bonds. The molecule has 1 aromatic heterocycles. The van der Waals surface area contributed by atoms with E-state index in [1.165, 1.54) is 0 Å². The molecule has 0 atom stereocenters. The fourth-order valence-corrected chi connectivity index (χ4v) is 2.95. The summed E-state index contributed by atoms with van der Waals surface area (Å²) in [5, 5.41) is 0.700. The molecular formula is C21H16Cl2N2. The molecule has 124 valence electrons. The highest BCUT2D eigenvalue weighted by Crippen LogP contribution is 2.33. The maximum atomic E-state index is 6.13. The number of hydrogen-bond acceptors (Lipinski definition) is 1. The van der Waals surface area contributed by atoms with Crippen LogP contribution in [0, 0.1) is 0 Å². The molecule has 25 heavy (non-hydrogen) atoms. The Hall–Kier alpha value is -2.55. The van der Waals surface area contributed by atoms with Crippen LogP contribution in [0.2, 0.25) is 5.02 Å². The van der Waals surface area contributed by atoms with E-state index in [4.69, 9.17) is 16.6 Å². The van der Waals surface area contributed by atoms with Gasteiger partial charge in [-0.3, -0.25) is 0 Å². The highest BCUT2D eigenvalue weighted by molar-refractivity contribution is 6.30. The molecule has 1 heterocycles. The summed E-state index contributed by atoms with van der Waals surface area (Å²) >= 11 is 6.13. The lowest BCUT2D eigenvalue weighted by Crippen LogP contribution is -1.82. The molecule has 4 heteroatoms. The Bertz CT molecular complexity index is 907. The minimum absolute atomic E-state index is 0. The molecule has 0 aliphatic rings. The van der Waals surface area contributed by atoms with Gasteiger partial charge in [-0.1, -0.05) is 84.4 Å². The summed E-state index contributed by atoms with van der Waals surface area (Å²) in [5.74, 6) is 0.815. The molecule has 0 aliphatic carbocycles. The molecule has 0 unspecified atom stereocenters. The highest BCUT2D eigenvalue weighted by atomic mass is 35.5. The summed E-state index contributed by atoms with van der Waals surface area (Å²) in [7, 11) is 0. The topological polar surface area (TPSA) is 28.7 Å². The first-order valence-corrected chi connectivity index (χ1v) is 8.16. The van der Waals surface area contributed by atoms with Gasteiger partial charge in [-0.25, -0.2) is 4.98 Å². The molecular weight excluding hydrogens is 351 g/mol. The number of imidazole rings is 1. The number of halogens is 2. The van der Waals surface area contributed by atoms with Gasteiger partial charge >= 0.3 is 0 Å². The lowest BCUT2D eigenvalue weighted by atomic mass is 10.1. The lowest BCUT2D eigenvalue weighted by Gasteiger charge is -2.02. The second kappa shape index (κ2) is 7.56.